The number of benzene rings is 1. The maximum absolute atomic E-state index is 13.4. The van der Waals surface area contributed by atoms with Crippen LogP contribution in [0.3, 0.4) is 0 Å². The normalized spacial score (nSPS) is 16.9. The molecule has 0 unspecified atom stereocenters. The van der Waals surface area contributed by atoms with E-state index in [9.17, 15) is 9.18 Å². The summed E-state index contributed by atoms with van der Waals surface area (Å²) in [6.45, 7) is 3.20. The number of aryl methyl sites for hydroxylation is 1. The Morgan fingerprint density at radius 1 is 1.25 bits per heavy atom. The molecular formula is C22H22FN3O2. The molecule has 1 fully saturated rings. The number of halogens is 1. The Morgan fingerprint density at radius 3 is 2.93 bits per heavy atom. The van der Waals surface area contributed by atoms with Crippen LogP contribution in [0.1, 0.15) is 52.0 Å². The van der Waals surface area contributed by atoms with E-state index in [1.807, 2.05) is 30.0 Å². The van der Waals surface area contributed by atoms with Gasteiger partial charge in [-0.05, 0) is 49.6 Å². The summed E-state index contributed by atoms with van der Waals surface area (Å²) < 4.78 is 19.3. The van der Waals surface area contributed by atoms with Gasteiger partial charge in [-0.1, -0.05) is 12.1 Å². The highest BCUT2D eigenvalue weighted by Crippen LogP contribution is 2.28. The highest BCUT2D eigenvalue weighted by Gasteiger charge is 2.28. The van der Waals surface area contributed by atoms with Crippen molar-refractivity contribution in [2.75, 3.05) is 13.1 Å². The molecule has 1 amide bonds. The Hall–Kier alpha value is -3.02. The number of hydrogen-bond acceptors (Lipinski definition) is 4. The largest absolute Gasteiger partial charge is 0.445 e. The number of pyridine rings is 1. The standard InChI is InChI=1S/C22H22FN3O2/c1-15-7-8-17(12-24-15)22(27)26-9-3-5-18(14-26)21-25-13-20(28-21)11-16-4-2-6-19(23)10-16/h2,4,6-8,10,12-13,18H,3,5,9,11,14H2,1H3/t18-/m0/s1. The zero-order valence-electron chi connectivity index (χ0n) is 15.8. The summed E-state index contributed by atoms with van der Waals surface area (Å²) in [5.74, 6) is 1.14. The third-order valence-corrected chi connectivity index (χ3v) is 5.05. The summed E-state index contributed by atoms with van der Waals surface area (Å²) >= 11 is 0. The molecule has 1 aromatic carbocycles. The fourth-order valence-corrected chi connectivity index (χ4v) is 3.58. The van der Waals surface area contributed by atoms with Gasteiger partial charge in [-0.2, -0.15) is 0 Å². The number of carbonyl (C=O) groups is 1. The summed E-state index contributed by atoms with van der Waals surface area (Å²) in [7, 11) is 0. The fourth-order valence-electron chi connectivity index (χ4n) is 3.58. The molecule has 1 aliphatic rings. The van der Waals surface area contributed by atoms with Crippen LogP contribution in [0, 0.1) is 12.7 Å². The maximum Gasteiger partial charge on any atom is 0.255 e. The van der Waals surface area contributed by atoms with E-state index in [-0.39, 0.29) is 17.6 Å². The number of rotatable bonds is 4. The van der Waals surface area contributed by atoms with Gasteiger partial charge in [-0.3, -0.25) is 9.78 Å². The lowest BCUT2D eigenvalue weighted by molar-refractivity contribution is 0.0697. The van der Waals surface area contributed by atoms with E-state index >= 15 is 0 Å². The Balaban J connectivity index is 1.44. The number of hydrogen-bond donors (Lipinski definition) is 0. The molecule has 4 rings (SSSR count). The van der Waals surface area contributed by atoms with E-state index in [1.165, 1.54) is 12.1 Å². The zero-order chi connectivity index (χ0) is 19.5. The summed E-state index contributed by atoms with van der Waals surface area (Å²) in [6, 6.07) is 10.1. The first-order valence-electron chi connectivity index (χ1n) is 9.49. The first-order chi connectivity index (χ1) is 13.6. The third-order valence-electron chi connectivity index (χ3n) is 5.05. The molecule has 3 aromatic rings. The van der Waals surface area contributed by atoms with Crippen LogP contribution in [0.25, 0.3) is 0 Å². The van der Waals surface area contributed by atoms with E-state index in [2.05, 4.69) is 9.97 Å². The second kappa shape index (κ2) is 7.92. The van der Waals surface area contributed by atoms with Gasteiger partial charge < -0.3 is 9.32 Å². The van der Waals surface area contributed by atoms with Crippen molar-refractivity contribution >= 4 is 5.91 Å². The minimum absolute atomic E-state index is 0.0104. The quantitative estimate of drug-likeness (QED) is 0.684. The molecule has 0 N–H and O–H groups in total. The van der Waals surface area contributed by atoms with Crippen molar-refractivity contribution in [3.8, 4) is 0 Å². The molecular weight excluding hydrogens is 357 g/mol. The van der Waals surface area contributed by atoms with Crippen molar-refractivity contribution in [2.24, 2.45) is 0 Å². The van der Waals surface area contributed by atoms with Crippen LogP contribution in [0.5, 0.6) is 0 Å². The molecule has 28 heavy (non-hydrogen) atoms. The number of likely N-dealkylation sites (tertiary alicyclic amines) is 1. The number of piperidine rings is 1. The molecule has 6 heteroatoms. The molecule has 1 aliphatic heterocycles. The van der Waals surface area contributed by atoms with Gasteiger partial charge in [0, 0.05) is 31.4 Å². The third kappa shape index (κ3) is 4.11. The monoisotopic (exact) mass is 379 g/mol. The fraction of sp³-hybridized carbons (Fsp3) is 0.318. The summed E-state index contributed by atoms with van der Waals surface area (Å²) in [5.41, 5.74) is 2.33. The molecule has 0 radical (unpaired) electrons. The van der Waals surface area contributed by atoms with E-state index in [4.69, 9.17) is 4.42 Å². The predicted molar refractivity (Wildman–Crippen MR) is 103 cm³/mol. The van der Waals surface area contributed by atoms with E-state index in [0.29, 0.717) is 30.2 Å². The number of oxazole rings is 1. The number of aromatic nitrogens is 2. The highest BCUT2D eigenvalue weighted by molar-refractivity contribution is 5.94. The first-order valence-corrected chi connectivity index (χ1v) is 9.49. The lowest BCUT2D eigenvalue weighted by atomic mass is 9.97. The SMILES string of the molecule is Cc1ccc(C(=O)N2CCC[C@H](c3ncc(Cc4cccc(F)c4)o3)C2)cn1. The molecule has 0 bridgehead atoms. The van der Waals surface area contributed by atoms with Crippen LogP contribution < -0.4 is 0 Å². The molecule has 0 spiro atoms. The van der Waals surface area contributed by atoms with Gasteiger partial charge in [0.1, 0.15) is 11.6 Å². The average Bonchev–Trinajstić information content (AvgIpc) is 3.17. The summed E-state index contributed by atoms with van der Waals surface area (Å²) in [6.07, 6.45) is 5.65. The van der Waals surface area contributed by atoms with Crippen LogP contribution in [0.2, 0.25) is 0 Å². The highest BCUT2D eigenvalue weighted by atomic mass is 19.1. The summed E-state index contributed by atoms with van der Waals surface area (Å²) in [4.78, 5) is 23.3. The predicted octanol–water partition coefficient (Wildman–Crippen LogP) is 4.13. The summed E-state index contributed by atoms with van der Waals surface area (Å²) in [5, 5.41) is 0. The van der Waals surface area contributed by atoms with Crippen molar-refractivity contribution in [1.29, 1.82) is 0 Å². The molecule has 0 saturated carbocycles. The van der Waals surface area contributed by atoms with Crippen molar-refractivity contribution in [3.63, 3.8) is 0 Å². The van der Waals surface area contributed by atoms with Crippen molar-refractivity contribution < 1.29 is 13.6 Å². The van der Waals surface area contributed by atoms with Crippen molar-refractivity contribution in [1.82, 2.24) is 14.9 Å². The number of carbonyl (C=O) groups excluding carboxylic acids is 1. The second-order valence-electron chi connectivity index (χ2n) is 7.25. The Kier molecular flexibility index (Phi) is 5.19. The van der Waals surface area contributed by atoms with Crippen LogP contribution in [0.4, 0.5) is 4.39 Å². The molecule has 5 nitrogen and oxygen atoms in total. The Morgan fingerprint density at radius 2 is 2.14 bits per heavy atom. The van der Waals surface area contributed by atoms with E-state index < -0.39 is 0 Å². The number of amides is 1. The van der Waals surface area contributed by atoms with Crippen molar-refractivity contribution in [2.45, 2.75) is 32.1 Å². The van der Waals surface area contributed by atoms with Crippen LogP contribution >= 0.6 is 0 Å². The Bertz CT molecular complexity index is 968. The van der Waals surface area contributed by atoms with Gasteiger partial charge in [-0.25, -0.2) is 9.37 Å². The molecule has 0 aliphatic carbocycles. The lowest BCUT2D eigenvalue weighted by Crippen LogP contribution is -2.39. The maximum atomic E-state index is 13.4. The van der Waals surface area contributed by atoms with Crippen LogP contribution in [0.15, 0.2) is 53.2 Å². The van der Waals surface area contributed by atoms with E-state index in [0.717, 1.165) is 30.6 Å². The minimum atomic E-state index is -0.260. The van der Waals surface area contributed by atoms with Gasteiger partial charge in [-0.15, -0.1) is 0 Å². The second-order valence-corrected chi connectivity index (χ2v) is 7.25. The van der Waals surface area contributed by atoms with Crippen LogP contribution in [-0.2, 0) is 6.42 Å². The molecule has 1 saturated heterocycles. The van der Waals surface area contributed by atoms with Gasteiger partial charge in [0.05, 0.1) is 17.7 Å². The first kappa shape index (κ1) is 18.3. The van der Waals surface area contributed by atoms with Crippen molar-refractivity contribution in [3.05, 3.63) is 83.1 Å². The molecule has 3 heterocycles. The lowest BCUT2D eigenvalue weighted by Gasteiger charge is -2.31. The minimum Gasteiger partial charge on any atom is -0.445 e. The van der Waals surface area contributed by atoms with Crippen LogP contribution in [-0.4, -0.2) is 33.9 Å². The average molecular weight is 379 g/mol. The zero-order valence-corrected chi connectivity index (χ0v) is 15.8. The molecule has 2 aromatic heterocycles. The van der Waals surface area contributed by atoms with Gasteiger partial charge in [0.25, 0.3) is 5.91 Å². The molecule has 1 atom stereocenters. The van der Waals surface area contributed by atoms with E-state index in [1.54, 1.807) is 18.5 Å². The van der Waals surface area contributed by atoms with Gasteiger partial charge in [0.2, 0.25) is 0 Å². The topological polar surface area (TPSA) is 59.2 Å². The number of nitrogens with zero attached hydrogens (tertiary/aromatic N) is 3. The Labute approximate surface area is 163 Å². The van der Waals surface area contributed by atoms with Gasteiger partial charge >= 0.3 is 0 Å². The smallest absolute Gasteiger partial charge is 0.255 e. The van der Waals surface area contributed by atoms with Gasteiger partial charge in [0.15, 0.2) is 5.89 Å². The molecule has 144 valence electrons.